The van der Waals surface area contributed by atoms with E-state index in [4.69, 9.17) is 18.6 Å². The highest BCUT2D eigenvalue weighted by atomic mass is 16.5. The molecule has 1 N–H and O–H groups in total. The van der Waals surface area contributed by atoms with Gasteiger partial charge in [0.05, 0.1) is 13.2 Å². The Balaban J connectivity index is 2.23. The molecule has 1 amide bonds. The number of esters is 2. The molecule has 0 fully saturated rings. The number of furan rings is 1. The lowest BCUT2D eigenvalue weighted by Crippen LogP contribution is -2.22. The number of aryl methyl sites for hydroxylation is 2. The van der Waals surface area contributed by atoms with E-state index in [-0.39, 0.29) is 42.6 Å². The predicted octanol–water partition coefficient (Wildman–Crippen LogP) is 3.58. The number of carbonyl (C=O) groups excluding carboxylic acids is 3. The first-order valence-corrected chi connectivity index (χ1v) is 9.26. The first-order chi connectivity index (χ1) is 13.8. The maximum Gasteiger partial charge on any atom is 0.344 e. The standard InChI is InChI=1S/C21H25NO7/c1-6-26-20(24)17-14(5)29-19(18(17)21(25)27-7-2)22-16(23)11-28-15-10-8-9-12(3)13(15)4/h8-10H,6-7,11H2,1-5H3,(H,22,23). The van der Waals surface area contributed by atoms with Crippen LogP contribution < -0.4 is 10.1 Å². The van der Waals surface area contributed by atoms with Gasteiger partial charge in [0.1, 0.15) is 22.6 Å². The number of anilines is 1. The van der Waals surface area contributed by atoms with Crippen LogP contribution in [0.4, 0.5) is 5.88 Å². The van der Waals surface area contributed by atoms with Crippen LogP contribution in [0.3, 0.4) is 0 Å². The zero-order valence-corrected chi connectivity index (χ0v) is 17.2. The first-order valence-electron chi connectivity index (χ1n) is 9.26. The summed E-state index contributed by atoms with van der Waals surface area (Å²) in [5, 5.41) is 2.47. The fourth-order valence-corrected chi connectivity index (χ4v) is 2.67. The molecule has 0 radical (unpaired) electrons. The Morgan fingerprint density at radius 1 is 0.966 bits per heavy atom. The molecule has 0 aliphatic heterocycles. The van der Waals surface area contributed by atoms with Crippen LogP contribution in [-0.2, 0) is 14.3 Å². The van der Waals surface area contributed by atoms with Crippen molar-refractivity contribution >= 4 is 23.7 Å². The Kier molecular flexibility index (Phi) is 7.41. The van der Waals surface area contributed by atoms with Crippen molar-refractivity contribution < 1.29 is 33.0 Å². The van der Waals surface area contributed by atoms with Crippen LogP contribution in [0.25, 0.3) is 0 Å². The quantitative estimate of drug-likeness (QED) is 0.672. The van der Waals surface area contributed by atoms with E-state index in [2.05, 4.69) is 5.32 Å². The third-order valence-electron chi connectivity index (χ3n) is 4.21. The molecular formula is C21H25NO7. The molecule has 0 spiro atoms. The number of carbonyl (C=O) groups is 3. The van der Waals surface area contributed by atoms with E-state index in [0.29, 0.717) is 5.75 Å². The summed E-state index contributed by atoms with van der Waals surface area (Å²) in [5.41, 5.74) is 1.71. The second-order valence-electron chi connectivity index (χ2n) is 6.21. The van der Waals surface area contributed by atoms with Crippen molar-refractivity contribution in [3.63, 3.8) is 0 Å². The highest BCUT2D eigenvalue weighted by Crippen LogP contribution is 2.29. The molecule has 29 heavy (non-hydrogen) atoms. The van der Waals surface area contributed by atoms with E-state index < -0.39 is 17.8 Å². The van der Waals surface area contributed by atoms with E-state index in [1.807, 2.05) is 26.0 Å². The van der Waals surface area contributed by atoms with Gasteiger partial charge in [-0.1, -0.05) is 12.1 Å². The fourth-order valence-electron chi connectivity index (χ4n) is 2.67. The van der Waals surface area contributed by atoms with Crippen LogP contribution in [0.2, 0.25) is 0 Å². The van der Waals surface area contributed by atoms with Crippen LogP contribution >= 0.6 is 0 Å². The van der Waals surface area contributed by atoms with Crippen LogP contribution in [0.15, 0.2) is 22.6 Å². The minimum Gasteiger partial charge on any atom is -0.483 e. The third-order valence-corrected chi connectivity index (χ3v) is 4.21. The highest BCUT2D eigenvalue weighted by molar-refractivity contribution is 6.09. The molecule has 8 heteroatoms. The third kappa shape index (κ3) is 5.16. The van der Waals surface area contributed by atoms with E-state index in [0.717, 1.165) is 11.1 Å². The second-order valence-corrected chi connectivity index (χ2v) is 6.21. The van der Waals surface area contributed by atoms with Gasteiger partial charge in [0.2, 0.25) is 5.88 Å². The summed E-state index contributed by atoms with van der Waals surface area (Å²) in [7, 11) is 0. The summed E-state index contributed by atoms with van der Waals surface area (Å²) < 4.78 is 21.0. The predicted molar refractivity (Wildman–Crippen MR) is 105 cm³/mol. The van der Waals surface area contributed by atoms with E-state index in [1.165, 1.54) is 6.92 Å². The summed E-state index contributed by atoms with van der Waals surface area (Å²) in [6.07, 6.45) is 0. The normalized spacial score (nSPS) is 10.4. The molecule has 0 saturated heterocycles. The van der Waals surface area contributed by atoms with Gasteiger partial charge in [-0.3, -0.25) is 10.1 Å². The number of hydrogen-bond donors (Lipinski definition) is 1. The topological polar surface area (TPSA) is 104 Å². The van der Waals surface area contributed by atoms with Crippen molar-refractivity contribution in [1.29, 1.82) is 0 Å². The molecule has 1 aromatic heterocycles. The van der Waals surface area contributed by atoms with Crippen molar-refractivity contribution in [3.05, 3.63) is 46.2 Å². The summed E-state index contributed by atoms with van der Waals surface area (Å²) in [4.78, 5) is 37.0. The van der Waals surface area contributed by atoms with Crippen LogP contribution in [0.5, 0.6) is 5.75 Å². The number of rotatable bonds is 8. The largest absolute Gasteiger partial charge is 0.483 e. The second kappa shape index (κ2) is 9.77. The molecule has 0 aliphatic rings. The SMILES string of the molecule is CCOC(=O)c1c(C)oc(NC(=O)COc2cccc(C)c2C)c1C(=O)OCC. The zero-order chi connectivity index (χ0) is 21.6. The van der Waals surface area contributed by atoms with Gasteiger partial charge in [-0.2, -0.15) is 0 Å². The van der Waals surface area contributed by atoms with Crippen molar-refractivity contribution in [2.75, 3.05) is 25.1 Å². The molecule has 0 saturated carbocycles. The minimum absolute atomic E-state index is 0.0731. The highest BCUT2D eigenvalue weighted by Gasteiger charge is 2.31. The molecule has 0 bridgehead atoms. The Hall–Kier alpha value is -3.29. The summed E-state index contributed by atoms with van der Waals surface area (Å²) in [6, 6.07) is 5.53. The Bertz CT molecular complexity index is 914. The molecule has 0 atom stereocenters. The first kappa shape index (κ1) is 22.0. The van der Waals surface area contributed by atoms with Gasteiger partial charge < -0.3 is 18.6 Å². The summed E-state index contributed by atoms with van der Waals surface area (Å²) in [6.45, 7) is 8.51. The molecule has 0 unspecified atom stereocenters. The number of amides is 1. The molecular weight excluding hydrogens is 378 g/mol. The van der Waals surface area contributed by atoms with Crippen LogP contribution in [0, 0.1) is 20.8 Å². The molecule has 2 aromatic rings. The lowest BCUT2D eigenvalue weighted by Gasteiger charge is -2.11. The average molecular weight is 403 g/mol. The molecule has 1 aromatic carbocycles. The minimum atomic E-state index is -0.793. The molecule has 8 nitrogen and oxygen atoms in total. The maximum atomic E-state index is 12.4. The van der Waals surface area contributed by atoms with Crippen molar-refractivity contribution in [2.24, 2.45) is 0 Å². The molecule has 0 aliphatic carbocycles. The van der Waals surface area contributed by atoms with E-state index in [9.17, 15) is 14.4 Å². The van der Waals surface area contributed by atoms with E-state index in [1.54, 1.807) is 19.9 Å². The smallest absolute Gasteiger partial charge is 0.344 e. The Morgan fingerprint density at radius 3 is 2.21 bits per heavy atom. The lowest BCUT2D eigenvalue weighted by molar-refractivity contribution is -0.118. The molecule has 2 rings (SSSR count). The number of hydrogen-bond acceptors (Lipinski definition) is 7. The Morgan fingerprint density at radius 2 is 1.59 bits per heavy atom. The number of benzene rings is 1. The van der Waals surface area contributed by atoms with E-state index >= 15 is 0 Å². The summed E-state index contributed by atoms with van der Waals surface area (Å²) in [5.74, 6) is -1.55. The fraction of sp³-hybridized carbons (Fsp3) is 0.381. The van der Waals surface area contributed by atoms with Gasteiger partial charge >= 0.3 is 11.9 Å². The van der Waals surface area contributed by atoms with Gasteiger partial charge in [0, 0.05) is 0 Å². The Labute approximate surface area is 169 Å². The van der Waals surface area contributed by atoms with Crippen molar-refractivity contribution in [3.8, 4) is 5.75 Å². The zero-order valence-electron chi connectivity index (χ0n) is 17.2. The molecule has 156 valence electrons. The van der Waals surface area contributed by atoms with Crippen molar-refractivity contribution in [2.45, 2.75) is 34.6 Å². The maximum absolute atomic E-state index is 12.4. The number of ether oxygens (including phenoxy) is 3. The van der Waals surface area contributed by atoms with Crippen LogP contribution in [-0.4, -0.2) is 37.7 Å². The lowest BCUT2D eigenvalue weighted by atomic mass is 10.1. The van der Waals surface area contributed by atoms with Gasteiger partial charge in [-0.25, -0.2) is 9.59 Å². The monoisotopic (exact) mass is 403 g/mol. The van der Waals surface area contributed by atoms with Gasteiger partial charge in [0.15, 0.2) is 6.61 Å². The van der Waals surface area contributed by atoms with Crippen molar-refractivity contribution in [1.82, 2.24) is 0 Å². The van der Waals surface area contributed by atoms with Gasteiger partial charge in [-0.05, 0) is 51.8 Å². The van der Waals surface area contributed by atoms with Gasteiger partial charge in [-0.15, -0.1) is 0 Å². The number of nitrogens with one attached hydrogen (secondary N) is 1. The summed E-state index contributed by atoms with van der Waals surface area (Å²) >= 11 is 0. The molecule has 1 heterocycles. The van der Waals surface area contributed by atoms with Gasteiger partial charge in [0.25, 0.3) is 5.91 Å². The van der Waals surface area contributed by atoms with Crippen LogP contribution in [0.1, 0.15) is 51.5 Å². The average Bonchev–Trinajstić information content (AvgIpc) is 2.99.